The van der Waals surface area contributed by atoms with Gasteiger partial charge in [-0.15, -0.1) is 10.2 Å². The highest BCUT2D eigenvalue weighted by Gasteiger charge is 2.62. The number of carbonyl (C=O) groups is 2. The van der Waals surface area contributed by atoms with Crippen LogP contribution in [-0.4, -0.2) is 34.2 Å². The summed E-state index contributed by atoms with van der Waals surface area (Å²) in [5, 5.41) is 19.9. The van der Waals surface area contributed by atoms with E-state index in [1.807, 2.05) is 38.1 Å². The van der Waals surface area contributed by atoms with Crippen molar-refractivity contribution in [3.63, 3.8) is 0 Å². The van der Waals surface area contributed by atoms with Crippen LogP contribution in [0.5, 0.6) is 0 Å². The number of ketones is 1. The van der Waals surface area contributed by atoms with Crippen LogP contribution in [0.2, 0.25) is 0 Å². The van der Waals surface area contributed by atoms with E-state index in [1.54, 1.807) is 23.7 Å². The number of nitrogens with zero attached hydrogens (tertiary/aromatic N) is 5. The van der Waals surface area contributed by atoms with Crippen LogP contribution in [0, 0.1) is 16.7 Å². The maximum atomic E-state index is 14.0. The second-order valence-electron chi connectivity index (χ2n) is 10.1. The van der Waals surface area contributed by atoms with E-state index >= 15 is 0 Å². The maximum absolute atomic E-state index is 14.0. The Labute approximate surface area is 212 Å². The van der Waals surface area contributed by atoms with Gasteiger partial charge in [0, 0.05) is 41.2 Å². The minimum atomic E-state index is -1.57. The minimum absolute atomic E-state index is 0.0550. The predicted molar refractivity (Wildman–Crippen MR) is 137 cm³/mol. The van der Waals surface area contributed by atoms with Gasteiger partial charge in [0.1, 0.15) is 17.3 Å². The number of amides is 1. The second kappa shape index (κ2) is 7.93. The van der Waals surface area contributed by atoms with Gasteiger partial charge in [-0.05, 0) is 17.9 Å². The minimum Gasteiger partial charge on any atom is -0.384 e. The summed E-state index contributed by atoms with van der Waals surface area (Å²) in [6.45, 7) is 8.19. The van der Waals surface area contributed by atoms with E-state index in [2.05, 4.69) is 30.1 Å². The third kappa shape index (κ3) is 3.25. The van der Waals surface area contributed by atoms with E-state index in [1.165, 1.54) is 16.2 Å². The quantitative estimate of drug-likeness (QED) is 0.618. The largest absolute Gasteiger partial charge is 0.384 e. The Bertz CT molecular complexity index is 1380. The number of rotatable bonds is 3. The Morgan fingerprint density at radius 2 is 1.91 bits per heavy atom. The van der Waals surface area contributed by atoms with E-state index in [4.69, 9.17) is 5.73 Å². The smallest absolute Gasteiger partial charge is 0.247 e. The summed E-state index contributed by atoms with van der Waals surface area (Å²) < 4.78 is 0.771. The molecule has 2 aromatic rings. The van der Waals surface area contributed by atoms with Gasteiger partial charge in [-0.25, -0.2) is 0 Å². The lowest BCUT2D eigenvalue weighted by Crippen LogP contribution is -2.53. The van der Waals surface area contributed by atoms with Gasteiger partial charge in [0.15, 0.2) is 10.1 Å². The standard InChI is InChI=1S/C25H26N6O2S2/c1-13(2)34-23-29-28-22(35-23)31-17-10-24(3,4)11-18(32)19(17)25(15(12-26)20(31)27)14-8-6-7-9-16(14)30(5)21(25)33/h6-9,13H,10-11,27H2,1-5H3. The van der Waals surface area contributed by atoms with Gasteiger partial charge in [-0.2, -0.15) is 5.26 Å². The summed E-state index contributed by atoms with van der Waals surface area (Å²) in [6.07, 6.45) is 0.768. The lowest BCUT2D eigenvalue weighted by atomic mass is 9.61. The van der Waals surface area contributed by atoms with Crippen LogP contribution in [0.25, 0.3) is 0 Å². The SMILES string of the molecule is CC(C)Sc1nnc(N2C(N)=C(C#N)C3(C(=O)N(C)c4ccccc43)C3=C2CC(C)(C)CC3=O)s1. The molecule has 180 valence electrons. The number of benzene rings is 1. The fraction of sp³-hybridized carbons (Fsp3) is 0.400. The summed E-state index contributed by atoms with van der Waals surface area (Å²) >= 11 is 2.94. The summed E-state index contributed by atoms with van der Waals surface area (Å²) in [6, 6.07) is 9.53. The number of likely N-dealkylation sites (N-methyl/N-ethyl adjacent to an activating group) is 1. The fourth-order valence-corrected chi connectivity index (χ4v) is 7.53. The van der Waals surface area contributed by atoms with E-state index in [-0.39, 0.29) is 34.9 Å². The number of nitriles is 1. The Morgan fingerprint density at radius 1 is 1.20 bits per heavy atom. The molecule has 2 N–H and O–H groups in total. The topological polar surface area (TPSA) is 116 Å². The molecule has 0 fully saturated rings. The first kappa shape index (κ1) is 23.6. The highest BCUT2D eigenvalue weighted by Crippen LogP contribution is 2.58. The summed E-state index contributed by atoms with van der Waals surface area (Å²) in [5.74, 6) is -0.375. The number of aromatic nitrogens is 2. The first-order valence-corrected chi connectivity index (χ1v) is 13.1. The van der Waals surface area contributed by atoms with Crippen LogP contribution in [0.15, 0.2) is 51.3 Å². The zero-order valence-corrected chi connectivity index (χ0v) is 21.9. The number of Topliss-reactive ketones (excluding diaryl/α,β-unsaturated/α-hetero) is 1. The van der Waals surface area contributed by atoms with Crippen molar-refractivity contribution in [1.29, 1.82) is 5.26 Å². The molecular weight excluding hydrogens is 480 g/mol. The van der Waals surface area contributed by atoms with E-state index < -0.39 is 5.41 Å². The van der Waals surface area contributed by atoms with Crippen molar-refractivity contribution in [3.05, 3.63) is 52.5 Å². The Balaban J connectivity index is 1.84. The molecule has 5 rings (SSSR count). The molecule has 3 heterocycles. The molecule has 2 aliphatic heterocycles. The number of para-hydroxylation sites is 1. The monoisotopic (exact) mass is 506 g/mol. The second-order valence-corrected chi connectivity index (χ2v) is 12.9. The molecule has 1 spiro atoms. The van der Waals surface area contributed by atoms with Crippen molar-refractivity contribution in [2.24, 2.45) is 11.1 Å². The van der Waals surface area contributed by atoms with Gasteiger partial charge in [0.25, 0.3) is 0 Å². The Hall–Kier alpha value is -3.16. The van der Waals surface area contributed by atoms with E-state index in [0.29, 0.717) is 39.3 Å². The van der Waals surface area contributed by atoms with Crippen LogP contribution >= 0.6 is 23.1 Å². The van der Waals surface area contributed by atoms with Crippen LogP contribution in [0.1, 0.15) is 46.1 Å². The number of carbonyl (C=O) groups excluding carboxylic acids is 2. The Kier molecular flexibility index (Phi) is 5.34. The molecule has 0 bridgehead atoms. The van der Waals surface area contributed by atoms with E-state index in [0.717, 1.165) is 4.34 Å². The molecule has 0 radical (unpaired) electrons. The summed E-state index contributed by atoms with van der Waals surface area (Å²) in [4.78, 5) is 31.1. The number of allylic oxidation sites excluding steroid dienone is 1. The normalized spacial score (nSPS) is 23.3. The molecule has 8 nitrogen and oxygen atoms in total. The highest BCUT2D eigenvalue weighted by molar-refractivity contribution is 8.01. The zero-order chi connectivity index (χ0) is 25.3. The zero-order valence-electron chi connectivity index (χ0n) is 20.2. The molecule has 1 atom stereocenters. The van der Waals surface area contributed by atoms with Gasteiger partial charge >= 0.3 is 0 Å². The highest BCUT2D eigenvalue weighted by atomic mass is 32.2. The molecule has 1 aromatic carbocycles. The fourth-order valence-electron chi connectivity index (χ4n) is 5.42. The molecule has 1 amide bonds. The first-order chi connectivity index (χ1) is 16.5. The van der Waals surface area contributed by atoms with Crippen molar-refractivity contribution in [2.75, 3.05) is 16.8 Å². The molecule has 10 heteroatoms. The van der Waals surface area contributed by atoms with Crippen molar-refractivity contribution in [2.45, 2.75) is 55.5 Å². The number of fused-ring (bicyclic) bond motifs is 3. The van der Waals surface area contributed by atoms with Crippen LogP contribution in [-0.2, 0) is 15.0 Å². The van der Waals surface area contributed by atoms with Crippen LogP contribution in [0.4, 0.5) is 10.8 Å². The third-order valence-electron chi connectivity index (χ3n) is 6.70. The van der Waals surface area contributed by atoms with Gasteiger partial charge < -0.3 is 10.6 Å². The lowest BCUT2D eigenvalue weighted by molar-refractivity contribution is -0.124. The van der Waals surface area contributed by atoms with Crippen LogP contribution in [0.3, 0.4) is 0 Å². The average molecular weight is 507 g/mol. The van der Waals surface area contributed by atoms with Gasteiger partial charge in [-0.1, -0.05) is 69.0 Å². The number of anilines is 2. The number of nitrogens with two attached hydrogens (primary N) is 1. The molecular formula is C25H26N6O2S2. The summed E-state index contributed by atoms with van der Waals surface area (Å²) in [7, 11) is 1.67. The molecule has 1 aliphatic carbocycles. The third-order valence-corrected chi connectivity index (χ3v) is 8.70. The van der Waals surface area contributed by atoms with Crippen molar-refractivity contribution in [1.82, 2.24) is 10.2 Å². The predicted octanol–water partition coefficient (Wildman–Crippen LogP) is 4.11. The number of hydrogen-bond acceptors (Lipinski definition) is 9. The average Bonchev–Trinajstić information content (AvgIpc) is 3.30. The van der Waals surface area contributed by atoms with Gasteiger partial charge in [-0.3, -0.25) is 14.5 Å². The van der Waals surface area contributed by atoms with Crippen molar-refractivity contribution in [3.8, 4) is 6.07 Å². The number of thioether (sulfide) groups is 1. The van der Waals surface area contributed by atoms with Crippen molar-refractivity contribution < 1.29 is 9.59 Å². The number of hydrogen-bond donors (Lipinski definition) is 1. The molecule has 0 saturated heterocycles. The van der Waals surface area contributed by atoms with Crippen LogP contribution < -0.4 is 15.5 Å². The first-order valence-electron chi connectivity index (χ1n) is 11.4. The molecule has 35 heavy (non-hydrogen) atoms. The van der Waals surface area contributed by atoms with Gasteiger partial charge in [0.05, 0.1) is 5.57 Å². The van der Waals surface area contributed by atoms with E-state index in [9.17, 15) is 14.9 Å². The Morgan fingerprint density at radius 3 is 2.60 bits per heavy atom. The van der Waals surface area contributed by atoms with Gasteiger partial charge in [0.2, 0.25) is 11.0 Å². The molecule has 3 aliphatic rings. The summed E-state index contributed by atoms with van der Waals surface area (Å²) in [5.41, 5.74) is 7.11. The van der Waals surface area contributed by atoms with Crippen molar-refractivity contribution >= 4 is 45.6 Å². The lowest BCUT2D eigenvalue weighted by Gasteiger charge is -2.45. The maximum Gasteiger partial charge on any atom is 0.247 e. The molecule has 0 saturated carbocycles. The molecule has 1 unspecified atom stereocenters. The molecule has 1 aromatic heterocycles.